The van der Waals surface area contributed by atoms with Crippen LogP contribution in [0.2, 0.25) is 0 Å². The molecule has 20 heavy (non-hydrogen) atoms. The lowest BCUT2D eigenvalue weighted by molar-refractivity contribution is 0.368. The zero-order valence-corrected chi connectivity index (χ0v) is 14.0. The van der Waals surface area contributed by atoms with Gasteiger partial charge in [0.2, 0.25) is 10.0 Å². The number of sulfonamides is 1. The third kappa shape index (κ3) is 3.59. The second-order valence-electron chi connectivity index (χ2n) is 5.46. The summed E-state index contributed by atoms with van der Waals surface area (Å²) in [6.07, 6.45) is 0. The van der Waals surface area contributed by atoms with Crippen molar-refractivity contribution in [2.24, 2.45) is 0 Å². The highest BCUT2D eigenvalue weighted by atomic mass is 32.2. The molecule has 0 radical (unpaired) electrons. The minimum absolute atomic E-state index is 0.0785. The summed E-state index contributed by atoms with van der Waals surface area (Å²) in [5, 5.41) is 10.1. The number of aromatic amines is 1. The van der Waals surface area contributed by atoms with E-state index in [1.54, 1.807) is 6.92 Å². The molecule has 0 saturated carbocycles. The maximum atomic E-state index is 12.8. The van der Waals surface area contributed by atoms with Crippen LogP contribution >= 0.6 is 0 Å². The third-order valence-electron chi connectivity index (χ3n) is 3.09. The number of hydrogen-bond acceptors (Lipinski definition) is 4. The Hall–Kier alpha value is -0.920. The van der Waals surface area contributed by atoms with E-state index in [1.165, 1.54) is 4.31 Å². The van der Waals surface area contributed by atoms with E-state index < -0.39 is 10.0 Å². The predicted octanol–water partition coefficient (Wildman–Crippen LogP) is 1.64. The highest BCUT2D eigenvalue weighted by Gasteiger charge is 2.31. The summed E-state index contributed by atoms with van der Waals surface area (Å²) >= 11 is 0. The Labute approximate surface area is 122 Å². The van der Waals surface area contributed by atoms with Gasteiger partial charge in [-0.1, -0.05) is 20.8 Å². The van der Waals surface area contributed by atoms with Gasteiger partial charge in [-0.2, -0.15) is 9.40 Å². The quantitative estimate of drug-likeness (QED) is 0.802. The van der Waals surface area contributed by atoms with Crippen LogP contribution in [0.4, 0.5) is 0 Å². The SMILES string of the molecule is CCN(C(C)C)S(=O)(=O)c1c(CNC(C)C)n[nH]c1C. The van der Waals surface area contributed by atoms with Crippen LogP contribution in [-0.2, 0) is 16.6 Å². The molecule has 0 aromatic carbocycles. The number of nitrogens with one attached hydrogen (secondary N) is 2. The van der Waals surface area contributed by atoms with Crippen molar-refractivity contribution in [3.8, 4) is 0 Å². The molecule has 0 amide bonds. The molecular weight excluding hydrogens is 276 g/mol. The van der Waals surface area contributed by atoms with Crippen molar-refractivity contribution >= 4 is 10.0 Å². The maximum Gasteiger partial charge on any atom is 0.247 e. The van der Waals surface area contributed by atoms with Gasteiger partial charge in [-0.05, 0) is 20.8 Å². The summed E-state index contributed by atoms with van der Waals surface area (Å²) in [6.45, 7) is 12.3. The molecule has 116 valence electrons. The van der Waals surface area contributed by atoms with Gasteiger partial charge >= 0.3 is 0 Å². The molecular formula is C13H26N4O2S. The van der Waals surface area contributed by atoms with Gasteiger partial charge in [0.1, 0.15) is 4.90 Å². The maximum absolute atomic E-state index is 12.8. The van der Waals surface area contributed by atoms with Gasteiger partial charge in [0, 0.05) is 25.2 Å². The molecule has 1 aromatic rings. The molecule has 6 nitrogen and oxygen atoms in total. The Bertz CT molecular complexity index is 535. The largest absolute Gasteiger partial charge is 0.309 e. The number of nitrogens with zero attached hydrogens (tertiary/aromatic N) is 2. The van der Waals surface area contributed by atoms with Crippen molar-refractivity contribution < 1.29 is 8.42 Å². The number of hydrogen-bond donors (Lipinski definition) is 2. The zero-order valence-electron chi connectivity index (χ0n) is 13.2. The Kier molecular flexibility index (Phi) is 5.73. The summed E-state index contributed by atoms with van der Waals surface area (Å²) in [6, 6.07) is 0.195. The molecule has 0 atom stereocenters. The Balaban J connectivity index is 3.20. The van der Waals surface area contributed by atoms with E-state index in [-0.39, 0.29) is 12.1 Å². The fourth-order valence-corrected chi connectivity index (χ4v) is 4.14. The van der Waals surface area contributed by atoms with E-state index in [9.17, 15) is 8.42 Å². The van der Waals surface area contributed by atoms with Crippen molar-refractivity contribution in [3.05, 3.63) is 11.4 Å². The summed E-state index contributed by atoms with van der Waals surface area (Å²) in [5.41, 5.74) is 1.14. The fraction of sp³-hybridized carbons (Fsp3) is 0.769. The topological polar surface area (TPSA) is 78.1 Å². The molecule has 0 aliphatic heterocycles. The van der Waals surface area contributed by atoms with Crippen LogP contribution in [0.3, 0.4) is 0 Å². The molecule has 7 heteroatoms. The molecule has 0 unspecified atom stereocenters. The van der Waals surface area contributed by atoms with Gasteiger partial charge in [0.05, 0.1) is 11.4 Å². The number of aromatic nitrogens is 2. The average Bonchev–Trinajstić information content (AvgIpc) is 2.68. The first-order chi connectivity index (χ1) is 9.21. The standard InChI is InChI=1S/C13H26N4O2S/c1-7-17(10(4)5)20(18,19)13-11(6)15-16-12(13)8-14-9(2)3/h9-10,14H,7-8H2,1-6H3,(H,15,16). The molecule has 0 fully saturated rings. The second kappa shape index (κ2) is 6.69. The smallest absolute Gasteiger partial charge is 0.247 e. The number of rotatable bonds is 7. The molecule has 1 rings (SSSR count). The van der Waals surface area contributed by atoms with E-state index >= 15 is 0 Å². The lowest BCUT2D eigenvalue weighted by Gasteiger charge is -2.24. The molecule has 2 N–H and O–H groups in total. The fourth-order valence-electron chi connectivity index (χ4n) is 2.16. The number of H-pyrrole nitrogens is 1. The van der Waals surface area contributed by atoms with Crippen molar-refractivity contribution in [2.45, 2.75) is 65.1 Å². The predicted molar refractivity (Wildman–Crippen MR) is 80.0 cm³/mol. The van der Waals surface area contributed by atoms with Crippen molar-refractivity contribution in [1.29, 1.82) is 0 Å². The van der Waals surface area contributed by atoms with Crippen molar-refractivity contribution in [1.82, 2.24) is 19.8 Å². The van der Waals surface area contributed by atoms with E-state index in [0.29, 0.717) is 29.4 Å². The number of aryl methyl sites for hydroxylation is 1. The molecule has 0 saturated heterocycles. The van der Waals surface area contributed by atoms with E-state index in [1.807, 2.05) is 34.6 Å². The van der Waals surface area contributed by atoms with Crippen molar-refractivity contribution in [3.63, 3.8) is 0 Å². The van der Waals surface area contributed by atoms with Crippen LogP contribution < -0.4 is 5.32 Å². The molecule has 0 aliphatic rings. The minimum atomic E-state index is -3.52. The van der Waals surface area contributed by atoms with Crippen LogP contribution in [-0.4, -0.2) is 41.5 Å². The highest BCUT2D eigenvalue weighted by Crippen LogP contribution is 2.23. The Morgan fingerprint density at radius 2 is 1.90 bits per heavy atom. The van der Waals surface area contributed by atoms with Crippen LogP contribution in [0, 0.1) is 6.92 Å². The van der Waals surface area contributed by atoms with Gasteiger partial charge in [-0.15, -0.1) is 0 Å². The Morgan fingerprint density at radius 1 is 1.30 bits per heavy atom. The van der Waals surface area contributed by atoms with Crippen LogP contribution in [0.1, 0.15) is 46.0 Å². The normalized spacial score (nSPS) is 12.8. The third-order valence-corrected chi connectivity index (χ3v) is 5.45. The van der Waals surface area contributed by atoms with Crippen molar-refractivity contribution in [2.75, 3.05) is 6.54 Å². The van der Waals surface area contributed by atoms with Crippen LogP contribution in [0.5, 0.6) is 0 Å². The Morgan fingerprint density at radius 3 is 2.35 bits per heavy atom. The molecule has 0 aliphatic carbocycles. The zero-order chi connectivity index (χ0) is 15.5. The van der Waals surface area contributed by atoms with E-state index in [2.05, 4.69) is 15.5 Å². The lowest BCUT2D eigenvalue weighted by Crippen LogP contribution is -2.37. The van der Waals surface area contributed by atoms with E-state index in [0.717, 1.165) is 0 Å². The summed E-state index contributed by atoms with van der Waals surface area (Å²) in [4.78, 5) is 0.307. The minimum Gasteiger partial charge on any atom is -0.309 e. The van der Waals surface area contributed by atoms with Gasteiger partial charge in [0.15, 0.2) is 0 Å². The second-order valence-corrected chi connectivity index (χ2v) is 7.29. The molecule has 0 bridgehead atoms. The first-order valence-corrected chi connectivity index (χ1v) is 8.44. The van der Waals surface area contributed by atoms with Gasteiger partial charge in [-0.25, -0.2) is 8.42 Å². The first kappa shape index (κ1) is 17.1. The highest BCUT2D eigenvalue weighted by molar-refractivity contribution is 7.89. The monoisotopic (exact) mass is 302 g/mol. The first-order valence-electron chi connectivity index (χ1n) is 7.00. The summed E-state index contributed by atoms with van der Waals surface area (Å²) in [7, 11) is -3.52. The summed E-state index contributed by atoms with van der Waals surface area (Å²) in [5.74, 6) is 0. The summed E-state index contributed by atoms with van der Waals surface area (Å²) < 4.78 is 27.1. The van der Waals surface area contributed by atoms with Crippen LogP contribution in [0.15, 0.2) is 4.90 Å². The van der Waals surface area contributed by atoms with Gasteiger partial charge in [0.25, 0.3) is 0 Å². The van der Waals surface area contributed by atoms with Gasteiger partial charge in [-0.3, -0.25) is 5.10 Å². The van der Waals surface area contributed by atoms with Crippen LogP contribution in [0.25, 0.3) is 0 Å². The lowest BCUT2D eigenvalue weighted by atomic mass is 10.3. The molecule has 0 spiro atoms. The average molecular weight is 302 g/mol. The molecule has 1 aromatic heterocycles. The van der Waals surface area contributed by atoms with E-state index in [4.69, 9.17) is 0 Å². The molecule has 1 heterocycles. The van der Waals surface area contributed by atoms with Gasteiger partial charge < -0.3 is 5.32 Å².